The zero-order valence-corrected chi connectivity index (χ0v) is 66.4. The Hall–Kier alpha value is -9.02. The summed E-state index contributed by atoms with van der Waals surface area (Å²) >= 11 is 0. The minimum Gasteiger partial charge on any atom is -0.467 e. The Labute approximate surface area is 638 Å². The second-order valence-electron chi connectivity index (χ2n) is 30.0. The van der Waals surface area contributed by atoms with Crippen molar-refractivity contribution in [2.45, 2.75) is 227 Å². The Morgan fingerprint density at radius 2 is 1.32 bits per heavy atom. The first kappa shape index (κ1) is 89.6. The summed E-state index contributed by atoms with van der Waals surface area (Å²) < 4.78 is 22.8. The number of nitrogens with two attached hydrogens (primary N) is 1. The van der Waals surface area contributed by atoms with Crippen LogP contribution in [0.4, 0.5) is 21.0 Å². The van der Waals surface area contributed by atoms with Crippen molar-refractivity contribution in [3.8, 4) is 0 Å². The number of ether oxygens (including phenoxy) is 4. The molecule has 13 atom stereocenters. The van der Waals surface area contributed by atoms with Gasteiger partial charge in [0.15, 0.2) is 0 Å². The Kier molecular flexibility index (Phi) is 36.9. The first-order valence-corrected chi connectivity index (χ1v) is 38.2. The second kappa shape index (κ2) is 44.5. The van der Waals surface area contributed by atoms with Crippen molar-refractivity contribution in [2.75, 3.05) is 65.7 Å². The number of likely N-dealkylation sites (tertiary alicyclic amines) is 2. The third kappa shape index (κ3) is 26.7. The topological polar surface area (TPSA) is 365 Å². The maximum atomic E-state index is 14.9. The van der Waals surface area contributed by atoms with Crippen molar-refractivity contribution < 1.29 is 76.5 Å². The van der Waals surface area contributed by atoms with Gasteiger partial charge in [0, 0.05) is 84.0 Å². The molecule has 0 aliphatic carbocycles. The number of nitrogens with zero attached hydrogens (tertiary/aromatic N) is 4. The van der Waals surface area contributed by atoms with Crippen LogP contribution in [0.2, 0.25) is 0 Å². The first-order valence-electron chi connectivity index (χ1n) is 38.2. The van der Waals surface area contributed by atoms with E-state index in [1.807, 2.05) is 104 Å². The van der Waals surface area contributed by atoms with E-state index in [1.54, 1.807) is 80.1 Å². The summed E-state index contributed by atoms with van der Waals surface area (Å²) in [6.07, 6.45) is 2.88. The predicted octanol–water partition coefficient (Wildman–Crippen LogP) is 7.85. The Balaban J connectivity index is 1.15. The van der Waals surface area contributed by atoms with Crippen molar-refractivity contribution in [2.24, 2.45) is 47.2 Å². The van der Waals surface area contributed by atoms with E-state index < -0.39 is 96.2 Å². The molecule has 2 aliphatic rings. The van der Waals surface area contributed by atoms with Gasteiger partial charge in [-0.05, 0) is 116 Å². The monoisotopic (exact) mass is 1510 g/mol. The highest BCUT2D eigenvalue weighted by molar-refractivity contribution is 6.03. The number of anilines is 2. The number of hydrogen-bond donors (Lipinski definition) is 8. The number of amides is 12. The lowest BCUT2D eigenvalue weighted by Gasteiger charge is -2.41. The largest absolute Gasteiger partial charge is 0.467 e. The minimum atomic E-state index is -1.09. The number of carbonyl (C=O) groups is 12. The Bertz CT molecular complexity index is 3470. The maximum absolute atomic E-state index is 14.9. The van der Waals surface area contributed by atoms with E-state index in [0.29, 0.717) is 68.6 Å². The smallest absolute Gasteiger partial charge is 0.411 e. The molecule has 598 valence electrons. The Morgan fingerprint density at radius 3 is 1.94 bits per heavy atom. The molecule has 0 bridgehead atoms. The second-order valence-corrected chi connectivity index (χ2v) is 30.0. The van der Waals surface area contributed by atoms with Gasteiger partial charge in [-0.15, -0.1) is 0 Å². The standard InChI is InChI=1S/C80H122N12O16/c1-17-51(9)59-44-65(94)92(76(59)100)40-24-20-23-34-64(93)87-67(48(3)4)74(98)85-60(32-26-39-82-79(81)103)73(97)83-57-37-35-55(36-38-57)47-108-80(104)84-58-31-25-30-56(42-58)46-89(12)69(50(7)8)75(99)88-68(49(5)6)77(101)90(13)70(52(10)18-2)63(105-14)45-66(95)91-41-27-33-62(91)71(106-15)53(11)72(96)86-61(78(102)107-16)43-54-28-21-19-22-29-54/h19,21-22,25,28-31,35-38,42,48-53,59-63,67-71H,17-18,20,23-24,26-27,32-34,39-41,43-47H2,1-16H3,(H,83,97)(H,84,104)(H,85,98)(H,86,96)(H,87,93)(H,88,99)(H3,81,82,103)/t51?,52-,53+,59?,60-,61-,62-,63+,67-,68-,69-,70-,71+/m0/s1. The molecule has 5 rings (SSSR count). The van der Waals surface area contributed by atoms with Crippen LogP contribution in [0.15, 0.2) is 78.9 Å². The third-order valence-corrected chi connectivity index (χ3v) is 20.9. The molecule has 28 heteroatoms. The van der Waals surface area contributed by atoms with Gasteiger partial charge in [0.2, 0.25) is 53.2 Å². The van der Waals surface area contributed by atoms with Crippen molar-refractivity contribution in [1.82, 2.24) is 46.2 Å². The van der Waals surface area contributed by atoms with E-state index in [0.717, 1.165) is 17.5 Å². The van der Waals surface area contributed by atoms with Gasteiger partial charge in [0.1, 0.15) is 30.8 Å². The van der Waals surface area contributed by atoms with Crippen molar-refractivity contribution in [3.05, 3.63) is 95.6 Å². The molecule has 0 spiro atoms. The lowest BCUT2D eigenvalue weighted by molar-refractivity contribution is -0.149. The number of carbonyl (C=O) groups excluding carboxylic acids is 12. The van der Waals surface area contributed by atoms with Gasteiger partial charge < -0.3 is 66.4 Å². The molecule has 2 saturated heterocycles. The summed E-state index contributed by atoms with van der Waals surface area (Å²) in [5, 5.41) is 19.6. The number of likely N-dealkylation sites (N-methyl/N-ethyl adjacent to an activating group) is 2. The van der Waals surface area contributed by atoms with Gasteiger partial charge >= 0.3 is 18.1 Å². The van der Waals surface area contributed by atoms with Crippen LogP contribution >= 0.6 is 0 Å². The summed E-state index contributed by atoms with van der Waals surface area (Å²) in [5.41, 5.74) is 8.26. The first-order chi connectivity index (χ1) is 51.3. The number of primary amides is 1. The van der Waals surface area contributed by atoms with E-state index in [9.17, 15) is 57.5 Å². The van der Waals surface area contributed by atoms with E-state index in [2.05, 4.69) is 37.2 Å². The summed E-state index contributed by atoms with van der Waals surface area (Å²) in [5.74, 6) is -5.81. The molecule has 28 nitrogen and oxygen atoms in total. The molecule has 0 saturated carbocycles. The van der Waals surface area contributed by atoms with Gasteiger partial charge in [-0.25, -0.2) is 14.4 Å². The lowest BCUT2D eigenvalue weighted by atomic mass is 9.89. The zero-order chi connectivity index (χ0) is 80.1. The van der Waals surface area contributed by atoms with Crippen LogP contribution in [0.25, 0.3) is 0 Å². The number of urea groups is 1. The van der Waals surface area contributed by atoms with Crippen molar-refractivity contribution in [3.63, 3.8) is 0 Å². The van der Waals surface area contributed by atoms with Gasteiger partial charge in [-0.3, -0.25) is 58.3 Å². The molecule has 3 aromatic carbocycles. The van der Waals surface area contributed by atoms with Crippen LogP contribution in [0.1, 0.15) is 170 Å². The van der Waals surface area contributed by atoms with Crippen molar-refractivity contribution >= 4 is 82.6 Å². The number of hydrogen-bond acceptors (Lipinski definition) is 17. The fraction of sp³-hybridized carbons (Fsp3) is 0.625. The molecule has 12 amide bonds. The fourth-order valence-corrected chi connectivity index (χ4v) is 14.4. The average Bonchev–Trinajstić information content (AvgIpc) is 1.56. The number of rotatable bonds is 44. The van der Waals surface area contributed by atoms with Crippen LogP contribution in [0.3, 0.4) is 0 Å². The molecule has 0 radical (unpaired) electrons. The van der Waals surface area contributed by atoms with E-state index in [1.165, 1.54) is 26.2 Å². The Morgan fingerprint density at radius 1 is 0.657 bits per heavy atom. The van der Waals surface area contributed by atoms with Crippen LogP contribution in [-0.4, -0.2) is 200 Å². The predicted molar refractivity (Wildman–Crippen MR) is 411 cm³/mol. The molecule has 0 aromatic heterocycles. The number of methoxy groups -OCH3 is 3. The molecule has 2 heterocycles. The molecule has 2 aliphatic heterocycles. The molecular formula is C80H122N12O16. The highest BCUT2D eigenvalue weighted by atomic mass is 16.5. The quantitative estimate of drug-likeness (QED) is 0.0152. The van der Waals surface area contributed by atoms with Crippen LogP contribution in [0.5, 0.6) is 0 Å². The van der Waals surface area contributed by atoms with Crippen LogP contribution in [0, 0.1) is 41.4 Å². The number of imide groups is 1. The molecular weight excluding hydrogens is 1380 g/mol. The molecule has 3 aromatic rings. The van der Waals surface area contributed by atoms with Gasteiger partial charge in [0.05, 0.1) is 49.8 Å². The normalized spacial score (nSPS) is 17.5. The number of benzene rings is 3. The zero-order valence-electron chi connectivity index (χ0n) is 66.4. The SMILES string of the molecule is CCC(C)C1CC(=O)N(CCCCCC(=O)N[C@H](C(=O)N[C@@H](CCCNC(N)=O)C(=O)Nc2ccc(COC(=O)Nc3cccc(CN(C)[C@H](C(=O)N[C@H](C(=O)N(C)[C@@H]([C@@H](C)CC)[C@@H](CC(=O)N4CCC[C@H]4[C@H](OC)[C@@H](C)C(=O)N[C@@H](Cc4ccccc4)C(=O)OC)OC)C(C)C)C(C)C)c3)cc2)C(C)C)C1=O. The number of unbranched alkanes of at least 4 members (excludes halogenated alkanes) is 2. The van der Waals surface area contributed by atoms with Gasteiger partial charge in [-0.2, -0.15) is 0 Å². The number of nitrogens with one attached hydrogen (secondary N) is 7. The lowest BCUT2D eigenvalue weighted by Crippen LogP contribution is -2.60. The third-order valence-electron chi connectivity index (χ3n) is 20.9. The van der Waals surface area contributed by atoms with Crippen LogP contribution in [-0.2, 0) is 86.5 Å². The average molecular weight is 1510 g/mol. The van der Waals surface area contributed by atoms with E-state index in [4.69, 9.17) is 24.7 Å². The highest BCUT2D eigenvalue weighted by Crippen LogP contribution is 2.32. The summed E-state index contributed by atoms with van der Waals surface area (Å²) in [6.45, 7) is 21.8. The summed E-state index contributed by atoms with van der Waals surface area (Å²) in [6, 6.07) is 16.4. The molecule has 2 fully saturated rings. The van der Waals surface area contributed by atoms with E-state index in [-0.39, 0.29) is 129 Å². The molecule has 108 heavy (non-hydrogen) atoms. The molecule has 2 unspecified atom stereocenters. The fourth-order valence-electron chi connectivity index (χ4n) is 14.4. The van der Waals surface area contributed by atoms with Gasteiger partial charge in [0.25, 0.3) is 0 Å². The number of esters is 1. The van der Waals surface area contributed by atoms with Crippen molar-refractivity contribution in [1.29, 1.82) is 0 Å². The minimum absolute atomic E-state index is 0.0839. The highest BCUT2D eigenvalue weighted by Gasteiger charge is 2.45. The van der Waals surface area contributed by atoms with E-state index >= 15 is 0 Å². The maximum Gasteiger partial charge on any atom is 0.411 e. The van der Waals surface area contributed by atoms with Gasteiger partial charge in [-0.1, -0.05) is 150 Å². The summed E-state index contributed by atoms with van der Waals surface area (Å²) in [4.78, 5) is 168. The summed E-state index contributed by atoms with van der Waals surface area (Å²) in [7, 11) is 7.78. The molecule has 9 N–H and O–H groups in total. The van der Waals surface area contributed by atoms with Crippen LogP contribution < -0.4 is 43.0 Å².